The molecule has 1 amide bonds. The van der Waals surface area contributed by atoms with E-state index in [9.17, 15) is 4.79 Å². The number of fused-ring (bicyclic) bond motifs is 2. The molecule has 0 bridgehead atoms. The topological polar surface area (TPSA) is 73.6 Å². The molecule has 0 aliphatic heterocycles. The molecule has 2 aromatic heterocycles. The van der Waals surface area contributed by atoms with Gasteiger partial charge in [0.05, 0.1) is 29.8 Å². The number of nitrogens with zero attached hydrogens (tertiary/aromatic N) is 1. The molecule has 29 heavy (non-hydrogen) atoms. The average Bonchev–Trinajstić information content (AvgIpc) is 3.39. The van der Waals surface area contributed by atoms with Gasteiger partial charge in [-0.05, 0) is 34.9 Å². The maximum atomic E-state index is 13.0. The van der Waals surface area contributed by atoms with Crippen LogP contribution in [0.15, 0.2) is 85.3 Å². The van der Waals surface area contributed by atoms with E-state index in [2.05, 4.69) is 20.3 Å². The number of aromatic nitrogens is 3. The summed E-state index contributed by atoms with van der Waals surface area (Å²) in [7, 11) is 0. The Labute approximate surface area is 167 Å². The third-order valence-corrected chi connectivity index (χ3v) is 5.24. The summed E-state index contributed by atoms with van der Waals surface area (Å²) in [6, 6.07) is 23.9. The molecule has 5 nitrogen and oxygen atoms in total. The minimum atomic E-state index is -0.235. The molecule has 5 heteroatoms. The first kappa shape index (κ1) is 17.3. The molecule has 0 radical (unpaired) electrons. The standard InChI is InChI=1S/C24H20N4O/c29-23(13-18-14-25-20-9-5-4-8-19(18)20)28-24(16-6-2-1-3-7-16)17-10-11-21-22(12-17)27-15-26-21/h1-12,14-15,24-25H,13H2,(H,26,27)(H,28,29). The summed E-state index contributed by atoms with van der Waals surface area (Å²) < 4.78 is 0. The Morgan fingerprint density at radius 1 is 0.897 bits per heavy atom. The Bertz CT molecular complexity index is 1290. The third-order valence-electron chi connectivity index (χ3n) is 5.24. The lowest BCUT2D eigenvalue weighted by molar-refractivity contribution is -0.120. The number of nitrogens with one attached hydrogen (secondary N) is 3. The maximum Gasteiger partial charge on any atom is 0.225 e. The van der Waals surface area contributed by atoms with Crippen molar-refractivity contribution in [2.24, 2.45) is 0 Å². The van der Waals surface area contributed by atoms with Gasteiger partial charge in [0.25, 0.3) is 0 Å². The van der Waals surface area contributed by atoms with Crippen LogP contribution in [0, 0.1) is 0 Å². The molecule has 5 aromatic rings. The second-order valence-corrected chi connectivity index (χ2v) is 7.13. The zero-order valence-corrected chi connectivity index (χ0v) is 15.7. The summed E-state index contributed by atoms with van der Waals surface area (Å²) in [6.07, 6.45) is 3.92. The van der Waals surface area contributed by atoms with Gasteiger partial charge in [0, 0.05) is 17.1 Å². The van der Waals surface area contributed by atoms with E-state index in [1.165, 1.54) is 0 Å². The minimum Gasteiger partial charge on any atom is -0.361 e. The Balaban J connectivity index is 1.45. The number of aromatic amines is 2. The van der Waals surface area contributed by atoms with Gasteiger partial charge >= 0.3 is 0 Å². The molecule has 0 saturated carbocycles. The number of amides is 1. The average molecular weight is 380 g/mol. The van der Waals surface area contributed by atoms with E-state index >= 15 is 0 Å². The zero-order valence-electron chi connectivity index (χ0n) is 15.7. The second-order valence-electron chi connectivity index (χ2n) is 7.13. The van der Waals surface area contributed by atoms with E-state index in [-0.39, 0.29) is 11.9 Å². The highest BCUT2D eigenvalue weighted by Gasteiger charge is 2.18. The SMILES string of the molecule is O=C(Cc1c[nH]c2ccccc12)NC(c1ccccc1)c1ccc2nc[nH]c2c1. The molecule has 142 valence electrons. The number of carbonyl (C=O) groups excluding carboxylic acids is 1. The van der Waals surface area contributed by atoms with Gasteiger partial charge in [-0.15, -0.1) is 0 Å². The van der Waals surface area contributed by atoms with Crippen LogP contribution >= 0.6 is 0 Å². The fourth-order valence-corrected chi connectivity index (χ4v) is 3.80. The molecule has 1 unspecified atom stereocenters. The largest absolute Gasteiger partial charge is 0.361 e. The Kier molecular flexibility index (Phi) is 4.33. The molecule has 0 aliphatic rings. The molecule has 0 spiro atoms. The number of hydrogen-bond donors (Lipinski definition) is 3. The maximum absolute atomic E-state index is 13.0. The molecule has 0 aliphatic carbocycles. The number of para-hydroxylation sites is 1. The van der Waals surface area contributed by atoms with Crippen LogP contribution in [-0.2, 0) is 11.2 Å². The highest BCUT2D eigenvalue weighted by Crippen LogP contribution is 2.25. The lowest BCUT2D eigenvalue weighted by atomic mass is 9.97. The van der Waals surface area contributed by atoms with Crippen molar-refractivity contribution >= 4 is 27.8 Å². The molecular weight excluding hydrogens is 360 g/mol. The molecule has 2 heterocycles. The summed E-state index contributed by atoms with van der Waals surface area (Å²) in [6.45, 7) is 0. The fourth-order valence-electron chi connectivity index (χ4n) is 3.80. The Morgan fingerprint density at radius 2 is 1.72 bits per heavy atom. The normalized spacial score (nSPS) is 12.3. The smallest absolute Gasteiger partial charge is 0.225 e. The van der Waals surface area contributed by atoms with Gasteiger partial charge in [-0.3, -0.25) is 4.79 Å². The van der Waals surface area contributed by atoms with Crippen molar-refractivity contribution in [1.82, 2.24) is 20.3 Å². The van der Waals surface area contributed by atoms with Crippen molar-refractivity contribution in [3.05, 3.63) is 102 Å². The van der Waals surface area contributed by atoms with Gasteiger partial charge in [0.2, 0.25) is 5.91 Å². The number of rotatable bonds is 5. The predicted octanol–water partition coefficient (Wildman–Crippen LogP) is 4.49. The summed E-state index contributed by atoms with van der Waals surface area (Å²) in [5.41, 5.74) is 5.95. The van der Waals surface area contributed by atoms with Crippen molar-refractivity contribution in [2.75, 3.05) is 0 Å². The first-order valence-corrected chi connectivity index (χ1v) is 9.60. The van der Waals surface area contributed by atoms with Gasteiger partial charge in [-0.25, -0.2) is 4.98 Å². The van der Waals surface area contributed by atoms with Gasteiger partial charge < -0.3 is 15.3 Å². The zero-order chi connectivity index (χ0) is 19.6. The van der Waals surface area contributed by atoms with Gasteiger partial charge in [-0.2, -0.15) is 0 Å². The quantitative estimate of drug-likeness (QED) is 0.420. The molecule has 0 saturated heterocycles. The fraction of sp³-hybridized carbons (Fsp3) is 0.0833. The van der Waals surface area contributed by atoms with Crippen LogP contribution in [0.25, 0.3) is 21.9 Å². The van der Waals surface area contributed by atoms with Gasteiger partial charge in [0.1, 0.15) is 0 Å². The van der Waals surface area contributed by atoms with Crippen LogP contribution < -0.4 is 5.32 Å². The van der Waals surface area contributed by atoms with E-state index in [0.717, 1.165) is 38.6 Å². The van der Waals surface area contributed by atoms with Crippen molar-refractivity contribution in [3.8, 4) is 0 Å². The van der Waals surface area contributed by atoms with Crippen molar-refractivity contribution < 1.29 is 4.79 Å². The lowest BCUT2D eigenvalue weighted by Gasteiger charge is -2.20. The summed E-state index contributed by atoms with van der Waals surface area (Å²) in [4.78, 5) is 23.6. The lowest BCUT2D eigenvalue weighted by Crippen LogP contribution is -2.30. The number of H-pyrrole nitrogens is 2. The van der Waals surface area contributed by atoms with Crippen LogP contribution in [0.1, 0.15) is 22.7 Å². The first-order valence-electron chi connectivity index (χ1n) is 9.60. The number of imidazole rings is 1. The Morgan fingerprint density at radius 3 is 2.62 bits per heavy atom. The number of hydrogen-bond acceptors (Lipinski definition) is 2. The second kappa shape index (κ2) is 7.28. The monoisotopic (exact) mass is 380 g/mol. The van der Waals surface area contributed by atoms with Crippen LogP contribution in [-0.4, -0.2) is 20.9 Å². The molecule has 3 N–H and O–H groups in total. The third kappa shape index (κ3) is 3.38. The van der Waals surface area contributed by atoms with E-state index < -0.39 is 0 Å². The summed E-state index contributed by atoms with van der Waals surface area (Å²) >= 11 is 0. The molecule has 3 aromatic carbocycles. The van der Waals surface area contributed by atoms with Gasteiger partial charge in [-0.1, -0.05) is 54.6 Å². The molecular formula is C24H20N4O. The number of benzene rings is 3. The van der Waals surface area contributed by atoms with Crippen molar-refractivity contribution in [1.29, 1.82) is 0 Å². The van der Waals surface area contributed by atoms with Crippen LogP contribution in [0.3, 0.4) is 0 Å². The summed E-state index contributed by atoms with van der Waals surface area (Å²) in [5, 5.41) is 4.30. The highest BCUT2D eigenvalue weighted by atomic mass is 16.1. The predicted molar refractivity (Wildman–Crippen MR) is 115 cm³/mol. The van der Waals surface area contributed by atoms with Gasteiger partial charge in [0.15, 0.2) is 0 Å². The highest BCUT2D eigenvalue weighted by molar-refractivity contribution is 5.89. The van der Waals surface area contributed by atoms with Crippen molar-refractivity contribution in [2.45, 2.75) is 12.5 Å². The summed E-state index contributed by atoms with van der Waals surface area (Å²) in [5.74, 6) is -0.0201. The van der Waals surface area contributed by atoms with Crippen LogP contribution in [0.5, 0.6) is 0 Å². The Hall–Kier alpha value is -3.86. The molecule has 5 rings (SSSR count). The minimum absolute atomic E-state index is 0.0201. The molecule has 0 fully saturated rings. The van der Waals surface area contributed by atoms with E-state index in [1.807, 2.05) is 79.0 Å². The van der Waals surface area contributed by atoms with Crippen LogP contribution in [0.2, 0.25) is 0 Å². The number of carbonyl (C=O) groups is 1. The molecule has 1 atom stereocenters. The van der Waals surface area contributed by atoms with Crippen molar-refractivity contribution in [3.63, 3.8) is 0 Å². The first-order chi connectivity index (χ1) is 14.3. The van der Waals surface area contributed by atoms with E-state index in [4.69, 9.17) is 0 Å². The van der Waals surface area contributed by atoms with E-state index in [1.54, 1.807) is 6.33 Å². The van der Waals surface area contributed by atoms with Crippen LogP contribution in [0.4, 0.5) is 0 Å². The van der Waals surface area contributed by atoms with E-state index in [0.29, 0.717) is 6.42 Å².